The molecular formula is C29H27F3N2O6. The summed E-state index contributed by atoms with van der Waals surface area (Å²) in [5.74, 6) is 0.976. The van der Waals surface area contributed by atoms with Crippen LogP contribution in [0.15, 0.2) is 79.5 Å². The molecule has 3 aromatic rings. The third kappa shape index (κ3) is 8.23. The number of pyridine rings is 1. The van der Waals surface area contributed by atoms with Crippen LogP contribution in [-0.2, 0) is 22.1 Å². The number of rotatable bonds is 9. The van der Waals surface area contributed by atoms with Gasteiger partial charge >= 0.3 is 18.2 Å². The lowest BCUT2D eigenvalue weighted by Gasteiger charge is -2.31. The summed E-state index contributed by atoms with van der Waals surface area (Å²) in [6.45, 7) is 4.60. The highest BCUT2D eigenvalue weighted by Crippen LogP contribution is 2.30. The molecule has 0 saturated carbocycles. The molecule has 0 radical (unpaired) electrons. The van der Waals surface area contributed by atoms with Gasteiger partial charge in [-0.25, -0.2) is 9.78 Å². The van der Waals surface area contributed by atoms with Crippen LogP contribution in [0.4, 0.5) is 18.0 Å². The number of esters is 1. The van der Waals surface area contributed by atoms with E-state index < -0.39 is 17.8 Å². The van der Waals surface area contributed by atoms with Crippen molar-refractivity contribution < 1.29 is 41.7 Å². The van der Waals surface area contributed by atoms with Gasteiger partial charge < -0.3 is 23.8 Å². The molecule has 1 aromatic heterocycles. The maximum absolute atomic E-state index is 12.7. The first-order valence-electron chi connectivity index (χ1n) is 12.5. The van der Waals surface area contributed by atoms with Crippen molar-refractivity contribution in [1.29, 1.82) is 0 Å². The number of ether oxygens (including phenoxy) is 4. The Bertz CT molecular complexity index is 1290. The highest BCUT2D eigenvalue weighted by Gasteiger charge is 2.30. The fraction of sp³-hybridized carbons (Fsp3) is 0.276. The quantitative estimate of drug-likeness (QED) is 0.229. The lowest BCUT2D eigenvalue weighted by atomic mass is 10.1. The number of hydrogen-bond donors (Lipinski definition) is 0. The van der Waals surface area contributed by atoms with Gasteiger partial charge in [0.25, 0.3) is 0 Å². The number of halogens is 3. The SMILES string of the molecule is C=CCOC(=O)Cc1ccc(OC2CCN(C(=O)Oc3ccc(Oc4ccc(C(F)(F)F)cn4)cc3)CC2)cc1. The van der Waals surface area contributed by atoms with Crippen molar-refractivity contribution in [2.75, 3.05) is 19.7 Å². The number of nitrogens with zero attached hydrogens (tertiary/aromatic N) is 2. The third-order valence-corrected chi connectivity index (χ3v) is 5.95. The van der Waals surface area contributed by atoms with Gasteiger partial charge in [-0.2, -0.15) is 13.2 Å². The van der Waals surface area contributed by atoms with E-state index in [2.05, 4.69) is 11.6 Å². The molecule has 0 spiro atoms. The summed E-state index contributed by atoms with van der Waals surface area (Å²) >= 11 is 0. The molecule has 8 nitrogen and oxygen atoms in total. The molecule has 1 saturated heterocycles. The molecule has 0 N–H and O–H groups in total. The average Bonchev–Trinajstić information content (AvgIpc) is 2.94. The van der Waals surface area contributed by atoms with E-state index >= 15 is 0 Å². The zero-order valence-electron chi connectivity index (χ0n) is 21.4. The van der Waals surface area contributed by atoms with E-state index in [0.717, 1.165) is 17.7 Å². The van der Waals surface area contributed by atoms with E-state index in [1.807, 2.05) is 12.1 Å². The molecule has 11 heteroatoms. The summed E-state index contributed by atoms with van der Waals surface area (Å²) in [5, 5.41) is 0. The predicted octanol–water partition coefficient (Wildman–Crippen LogP) is 6.21. The van der Waals surface area contributed by atoms with Crippen molar-refractivity contribution in [3.63, 3.8) is 0 Å². The normalized spacial score (nSPS) is 13.8. The zero-order valence-corrected chi connectivity index (χ0v) is 21.4. The zero-order chi connectivity index (χ0) is 28.5. The molecule has 40 heavy (non-hydrogen) atoms. The van der Waals surface area contributed by atoms with Crippen LogP contribution < -0.4 is 14.2 Å². The molecule has 1 aliphatic rings. The number of piperidine rings is 1. The first-order valence-corrected chi connectivity index (χ1v) is 12.5. The third-order valence-electron chi connectivity index (χ3n) is 5.95. The molecule has 1 amide bonds. The molecule has 0 bridgehead atoms. The van der Waals surface area contributed by atoms with Crippen molar-refractivity contribution in [3.05, 3.63) is 90.6 Å². The number of amides is 1. The van der Waals surface area contributed by atoms with Crippen LogP contribution in [0.25, 0.3) is 0 Å². The highest BCUT2D eigenvalue weighted by molar-refractivity contribution is 5.72. The maximum Gasteiger partial charge on any atom is 0.417 e. The molecule has 0 atom stereocenters. The minimum absolute atomic E-state index is 0.00253. The number of carbonyl (C=O) groups excluding carboxylic acids is 2. The largest absolute Gasteiger partial charge is 0.490 e. The van der Waals surface area contributed by atoms with Gasteiger partial charge in [-0.05, 0) is 48.0 Å². The van der Waals surface area contributed by atoms with E-state index in [1.165, 1.54) is 30.3 Å². The van der Waals surface area contributed by atoms with Crippen LogP contribution in [0.2, 0.25) is 0 Å². The molecule has 1 fully saturated rings. The van der Waals surface area contributed by atoms with Crippen LogP contribution in [0, 0.1) is 0 Å². The first kappa shape index (κ1) is 28.5. The Morgan fingerprint density at radius 2 is 1.60 bits per heavy atom. The Balaban J connectivity index is 1.20. The van der Waals surface area contributed by atoms with Crippen molar-refractivity contribution in [3.8, 4) is 23.1 Å². The second kappa shape index (κ2) is 13.0. The molecule has 210 valence electrons. The lowest BCUT2D eigenvalue weighted by Crippen LogP contribution is -2.43. The molecule has 0 unspecified atom stereocenters. The Morgan fingerprint density at radius 3 is 2.20 bits per heavy atom. The Kier molecular flexibility index (Phi) is 9.26. The van der Waals surface area contributed by atoms with Crippen LogP contribution >= 0.6 is 0 Å². The van der Waals surface area contributed by atoms with Gasteiger partial charge in [-0.15, -0.1) is 0 Å². The summed E-state index contributed by atoms with van der Waals surface area (Å²) in [7, 11) is 0. The van der Waals surface area contributed by atoms with Crippen LogP contribution in [0.3, 0.4) is 0 Å². The number of alkyl halides is 3. The number of likely N-dealkylation sites (tertiary alicyclic amines) is 1. The van der Waals surface area contributed by atoms with Gasteiger partial charge in [0.2, 0.25) is 5.88 Å². The van der Waals surface area contributed by atoms with Crippen LogP contribution in [0.5, 0.6) is 23.1 Å². The summed E-state index contributed by atoms with van der Waals surface area (Å²) in [6.07, 6.45) is -1.41. The maximum atomic E-state index is 12.7. The highest BCUT2D eigenvalue weighted by atomic mass is 19.4. The monoisotopic (exact) mass is 556 g/mol. The van der Waals surface area contributed by atoms with Crippen molar-refractivity contribution in [2.45, 2.75) is 31.5 Å². The standard InChI is InChI=1S/C29H27F3N2O6/c1-2-17-37-27(35)18-20-3-6-22(7-4-20)38-25-13-15-34(16-14-25)28(36)40-24-10-8-23(9-11-24)39-26-12-5-21(19-33-26)29(30,31)32/h2-12,19,25H,1,13-18H2. The summed E-state index contributed by atoms with van der Waals surface area (Å²) < 4.78 is 59.9. The second-order valence-corrected chi connectivity index (χ2v) is 8.92. The molecule has 1 aliphatic heterocycles. The fourth-order valence-corrected chi connectivity index (χ4v) is 3.87. The Morgan fingerprint density at radius 1 is 0.950 bits per heavy atom. The topological polar surface area (TPSA) is 87.2 Å². The minimum Gasteiger partial charge on any atom is -0.490 e. The summed E-state index contributed by atoms with van der Waals surface area (Å²) in [4.78, 5) is 29.6. The molecular weight excluding hydrogens is 529 g/mol. The van der Waals surface area contributed by atoms with E-state index in [0.29, 0.717) is 49.4 Å². The molecule has 2 aromatic carbocycles. The minimum atomic E-state index is -4.48. The second-order valence-electron chi connectivity index (χ2n) is 8.92. The average molecular weight is 557 g/mol. The van der Waals surface area contributed by atoms with Crippen molar-refractivity contribution >= 4 is 12.1 Å². The Hall–Kier alpha value is -4.54. The van der Waals surface area contributed by atoms with E-state index in [1.54, 1.807) is 17.0 Å². The number of hydrogen-bond acceptors (Lipinski definition) is 7. The van der Waals surface area contributed by atoms with Crippen molar-refractivity contribution in [2.24, 2.45) is 0 Å². The summed E-state index contributed by atoms with van der Waals surface area (Å²) in [6, 6.07) is 15.3. The molecule has 2 heterocycles. The van der Waals surface area contributed by atoms with Crippen LogP contribution in [-0.4, -0.2) is 47.7 Å². The number of carbonyl (C=O) groups is 2. The van der Waals surface area contributed by atoms with Crippen LogP contribution in [0.1, 0.15) is 24.0 Å². The Labute approximate surface area is 228 Å². The fourth-order valence-electron chi connectivity index (χ4n) is 3.87. The van der Waals surface area contributed by atoms with E-state index in [-0.39, 0.29) is 31.0 Å². The van der Waals surface area contributed by atoms with Gasteiger partial charge in [0.1, 0.15) is 30.0 Å². The van der Waals surface area contributed by atoms with Gasteiger partial charge in [-0.1, -0.05) is 24.8 Å². The lowest BCUT2D eigenvalue weighted by molar-refractivity contribution is -0.141. The van der Waals surface area contributed by atoms with E-state index in [9.17, 15) is 22.8 Å². The molecule has 0 aliphatic carbocycles. The number of benzene rings is 2. The molecule has 4 rings (SSSR count). The first-order chi connectivity index (χ1) is 19.2. The predicted molar refractivity (Wildman–Crippen MR) is 138 cm³/mol. The van der Waals surface area contributed by atoms with Gasteiger partial charge in [0.05, 0.1) is 12.0 Å². The smallest absolute Gasteiger partial charge is 0.417 e. The summed E-state index contributed by atoms with van der Waals surface area (Å²) in [5.41, 5.74) is -0.0538. The van der Waals surface area contributed by atoms with E-state index in [4.69, 9.17) is 18.9 Å². The van der Waals surface area contributed by atoms with Gasteiger partial charge in [0.15, 0.2) is 0 Å². The number of aromatic nitrogens is 1. The van der Waals surface area contributed by atoms with Gasteiger partial charge in [-0.3, -0.25) is 4.79 Å². The van der Waals surface area contributed by atoms with Gasteiger partial charge in [0, 0.05) is 38.2 Å². The van der Waals surface area contributed by atoms with Crippen molar-refractivity contribution in [1.82, 2.24) is 9.88 Å².